The third-order valence-corrected chi connectivity index (χ3v) is 4.66. The van der Waals surface area contributed by atoms with Crippen LogP contribution in [0.4, 0.5) is 0 Å². The second kappa shape index (κ2) is 6.04. The third-order valence-electron chi connectivity index (χ3n) is 4.17. The van der Waals surface area contributed by atoms with E-state index in [9.17, 15) is 5.11 Å². The molecule has 2 rings (SSSR count). The average molecular weight is 300 g/mol. The highest BCUT2D eigenvalue weighted by atomic mass is 35.5. The molecule has 1 aliphatic rings. The van der Waals surface area contributed by atoms with Crippen molar-refractivity contribution in [2.75, 3.05) is 19.6 Å². The van der Waals surface area contributed by atoms with E-state index in [1.165, 1.54) is 0 Å². The van der Waals surface area contributed by atoms with E-state index in [1.807, 2.05) is 14.0 Å². The van der Waals surface area contributed by atoms with Gasteiger partial charge in [0.15, 0.2) is 0 Å². The molecule has 1 saturated heterocycles. The summed E-state index contributed by atoms with van der Waals surface area (Å²) in [4.78, 5) is 2.44. The molecule has 1 aromatic rings. The van der Waals surface area contributed by atoms with E-state index in [1.54, 1.807) is 4.68 Å². The number of aromatic nitrogens is 2. The van der Waals surface area contributed by atoms with Crippen molar-refractivity contribution in [3.63, 3.8) is 0 Å². The minimum Gasteiger partial charge on any atom is -0.389 e. The van der Waals surface area contributed by atoms with Gasteiger partial charge in [-0.3, -0.25) is 4.68 Å². The summed E-state index contributed by atoms with van der Waals surface area (Å²) in [5.41, 5.74) is 1.14. The van der Waals surface area contributed by atoms with Gasteiger partial charge in [-0.05, 0) is 25.7 Å². The molecule has 1 aliphatic heterocycles. The Bertz CT molecular complexity index is 462. The van der Waals surface area contributed by atoms with Crippen molar-refractivity contribution in [2.45, 2.75) is 45.6 Å². The lowest BCUT2D eigenvalue weighted by atomic mass is 9.86. The standard InChI is InChI=1S/C15H26ClN3O/c1-11(2)10-19-7-5-15(20,6-8-19)9-13-14(16)12(3)17-18(13)4/h11,20H,5-10H2,1-4H3. The molecule has 0 atom stereocenters. The zero-order valence-electron chi connectivity index (χ0n) is 13.0. The highest BCUT2D eigenvalue weighted by molar-refractivity contribution is 6.31. The molecule has 0 amide bonds. The average Bonchev–Trinajstić information content (AvgIpc) is 2.59. The Kier molecular flexibility index (Phi) is 4.77. The third kappa shape index (κ3) is 3.54. The fourth-order valence-corrected chi connectivity index (χ4v) is 3.26. The van der Waals surface area contributed by atoms with Crippen molar-refractivity contribution in [1.82, 2.24) is 14.7 Å². The number of hydrogen-bond donors (Lipinski definition) is 1. The van der Waals surface area contributed by atoms with Crippen LogP contribution in [0.3, 0.4) is 0 Å². The molecule has 0 bridgehead atoms. The molecule has 114 valence electrons. The Labute approximate surface area is 126 Å². The molecular weight excluding hydrogens is 274 g/mol. The summed E-state index contributed by atoms with van der Waals surface area (Å²) in [6.07, 6.45) is 2.21. The zero-order chi connectivity index (χ0) is 14.9. The van der Waals surface area contributed by atoms with Gasteiger partial charge in [-0.15, -0.1) is 0 Å². The largest absolute Gasteiger partial charge is 0.389 e. The van der Waals surface area contributed by atoms with Gasteiger partial charge in [-0.1, -0.05) is 25.4 Å². The minimum absolute atomic E-state index is 0.596. The van der Waals surface area contributed by atoms with E-state index in [0.717, 1.165) is 43.9 Å². The lowest BCUT2D eigenvalue weighted by molar-refractivity contribution is -0.0239. The first-order valence-electron chi connectivity index (χ1n) is 7.43. The van der Waals surface area contributed by atoms with E-state index >= 15 is 0 Å². The molecule has 1 N–H and O–H groups in total. The first kappa shape index (κ1) is 15.8. The van der Waals surface area contributed by atoms with E-state index < -0.39 is 5.60 Å². The minimum atomic E-state index is -0.642. The summed E-state index contributed by atoms with van der Waals surface area (Å²) >= 11 is 6.29. The number of nitrogens with zero attached hydrogens (tertiary/aromatic N) is 3. The molecule has 5 heteroatoms. The van der Waals surface area contributed by atoms with Crippen LogP contribution in [0.5, 0.6) is 0 Å². The molecule has 2 heterocycles. The predicted molar refractivity (Wildman–Crippen MR) is 82.1 cm³/mol. The van der Waals surface area contributed by atoms with Crippen molar-refractivity contribution in [3.05, 3.63) is 16.4 Å². The van der Waals surface area contributed by atoms with Gasteiger partial charge in [0.25, 0.3) is 0 Å². The second-order valence-corrected chi connectivity index (χ2v) is 6.94. The Morgan fingerprint density at radius 2 is 1.95 bits per heavy atom. The number of piperidine rings is 1. The van der Waals surface area contributed by atoms with Crippen molar-refractivity contribution < 1.29 is 5.11 Å². The number of halogens is 1. The summed E-state index contributed by atoms with van der Waals surface area (Å²) in [6.45, 7) is 9.41. The molecule has 0 saturated carbocycles. The van der Waals surface area contributed by atoms with Crippen LogP contribution in [0, 0.1) is 12.8 Å². The quantitative estimate of drug-likeness (QED) is 0.928. The highest BCUT2D eigenvalue weighted by Gasteiger charge is 2.34. The monoisotopic (exact) mass is 299 g/mol. The molecule has 0 spiro atoms. The van der Waals surface area contributed by atoms with Crippen LogP contribution in [0.15, 0.2) is 0 Å². The summed E-state index contributed by atoms with van der Waals surface area (Å²) in [7, 11) is 1.89. The van der Waals surface area contributed by atoms with Gasteiger partial charge < -0.3 is 10.0 Å². The predicted octanol–water partition coefficient (Wildman–Crippen LogP) is 2.41. The maximum absolute atomic E-state index is 10.8. The lowest BCUT2D eigenvalue weighted by Gasteiger charge is -2.39. The Balaban J connectivity index is 2.00. The van der Waals surface area contributed by atoms with Crippen molar-refractivity contribution in [3.8, 4) is 0 Å². The molecule has 0 radical (unpaired) electrons. The van der Waals surface area contributed by atoms with Crippen molar-refractivity contribution in [1.29, 1.82) is 0 Å². The Morgan fingerprint density at radius 1 is 1.35 bits per heavy atom. The number of aliphatic hydroxyl groups is 1. The molecular formula is C15H26ClN3O. The zero-order valence-corrected chi connectivity index (χ0v) is 13.7. The Morgan fingerprint density at radius 3 is 2.40 bits per heavy atom. The number of rotatable bonds is 4. The number of likely N-dealkylation sites (tertiary alicyclic amines) is 1. The summed E-state index contributed by atoms with van der Waals surface area (Å²) in [6, 6.07) is 0. The van der Waals surface area contributed by atoms with Gasteiger partial charge in [0.1, 0.15) is 0 Å². The summed E-state index contributed by atoms with van der Waals surface area (Å²) in [5, 5.41) is 15.8. The first-order chi connectivity index (χ1) is 9.31. The van der Waals surface area contributed by atoms with Crippen molar-refractivity contribution >= 4 is 11.6 Å². The maximum atomic E-state index is 10.8. The topological polar surface area (TPSA) is 41.3 Å². The first-order valence-corrected chi connectivity index (χ1v) is 7.81. The highest BCUT2D eigenvalue weighted by Crippen LogP contribution is 2.30. The van der Waals surface area contributed by atoms with Crippen LogP contribution in [-0.2, 0) is 13.5 Å². The molecule has 0 aliphatic carbocycles. The van der Waals surface area contributed by atoms with Gasteiger partial charge in [-0.2, -0.15) is 5.10 Å². The second-order valence-electron chi connectivity index (χ2n) is 6.57. The summed E-state index contributed by atoms with van der Waals surface area (Å²) < 4.78 is 1.80. The molecule has 1 fully saturated rings. The van der Waals surface area contributed by atoms with Crippen LogP contribution in [-0.4, -0.2) is 45.0 Å². The molecule has 1 aromatic heterocycles. The number of hydrogen-bond acceptors (Lipinski definition) is 3. The fourth-order valence-electron chi connectivity index (χ4n) is 3.03. The van der Waals surface area contributed by atoms with E-state index in [-0.39, 0.29) is 0 Å². The summed E-state index contributed by atoms with van der Waals surface area (Å²) in [5.74, 6) is 0.676. The van der Waals surface area contributed by atoms with E-state index in [2.05, 4.69) is 23.8 Å². The maximum Gasteiger partial charge on any atom is 0.0848 e. The van der Waals surface area contributed by atoms with Gasteiger partial charge in [-0.25, -0.2) is 0 Å². The van der Waals surface area contributed by atoms with Crippen LogP contribution in [0.2, 0.25) is 5.02 Å². The normalized spacial score (nSPS) is 19.8. The molecule has 20 heavy (non-hydrogen) atoms. The van der Waals surface area contributed by atoms with Gasteiger partial charge in [0, 0.05) is 33.1 Å². The number of aryl methyl sites for hydroxylation is 2. The van der Waals surface area contributed by atoms with Gasteiger partial charge in [0.2, 0.25) is 0 Å². The van der Waals surface area contributed by atoms with Crippen LogP contribution >= 0.6 is 11.6 Å². The van der Waals surface area contributed by atoms with Crippen LogP contribution in [0.1, 0.15) is 38.1 Å². The molecule has 4 nitrogen and oxygen atoms in total. The van der Waals surface area contributed by atoms with Crippen molar-refractivity contribution in [2.24, 2.45) is 13.0 Å². The SMILES string of the molecule is Cc1nn(C)c(CC2(O)CCN(CC(C)C)CC2)c1Cl. The molecule has 0 aromatic carbocycles. The molecule has 0 unspecified atom stereocenters. The van der Waals surface area contributed by atoms with Gasteiger partial charge >= 0.3 is 0 Å². The van der Waals surface area contributed by atoms with Crippen LogP contribution < -0.4 is 0 Å². The van der Waals surface area contributed by atoms with Crippen LogP contribution in [0.25, 0.3) is 0 Å². The van der Waals surface area contributed by atoms with E-state index in [0.29, 0.717) is 17.4 Å². The smallest absolute Gasteiger partial charge is 0.0848 e. The van der Waals surface area contributed by atoms with E-state index in [4.69, 9.17) is 11.6 Å². The lowest BCUT2D eigenvalue weighted by Crippen LogP contribution is -2.46. The van der Waals surface area contributed by atoms with Gasteiger partial charge in [0.05, 0.1) is 22.0 Å². The Hall–Kier alpha value is -0.580. The fraction of sp³-hybridized carbons (Fsp3) is 0.800.